The molecular formula is C22H33F3N4O. The van der Waals surface area contributed by atoms with Crippen LogP contribution in [0.4, 0.5) is 13.2 Å². The van der Waals surface area contributed by atoms with Crippen molar-refractivity contribution < 1.29 is 17.9 Å². The van der Waals surface area contributed by atoms with Crippen molar-refractivity contribution in [3.05, 3.63) is 35.2 Å². The highest BCUT2D eigenvalue weighted by Crippen LogP contribution is 2.41. The molecule has 1 heterocycles. The predicted molar refractivity (Wildman–Crippen MR) is 114 cm³/mol. The summed E-state index contributed by atoms with van der Waals surface area (Å²) in [5.74, 6) is 0.188. The maximum atomic E-state index is 13.8. The molecule has 0 fully saturated rings. The smallest absolute Gasteiger partial charge is 0.419 e. The molecule has 0 aliphatic rings. The van der Waals surface area contributed by atoms with Crippen LogP contribution in [0.3, 0.4) is 0 Å². The number of ether oxygens (including phenoxy) is 1. The summed E-state index contributed by atoms with van der Waals surface area (Å²) in [4.78, 5) is 2.10. The minimum absolute atomic E-state index is 0.0973. The first-order chi connectivity index (χ1) is 14.2. The van der Waals surface area contributed by atoms with Crippen LogP contribution in [0.25, 0.3) is 11.1 Å². The van der Waals surface area contributed by atoms with Crippen LogP contribution >= 0.6 is 0 Å². The zero-order valence-electron chi connectivity index (χ0n) is 18.5. The van der Waals surface area contributed by atoms with Crippen molar-refractivity contribution in [2.75, 3.05) is 33.8 Å². The van der Waals surface area contributed by atoms with Gasteiger partial charge < -0.3 is 10.1 Å². The molecule has 5 nitrogen and oxygen atoms in total. The van der Waals surface area contributed by atoms with Crippen LogP contribution in [-0.2, 0) is 19.1 Å². The Kier molecular flexibility index (Phi) is 8.73. The van der Waals surface area contributed by atoms with Gasteiger partial charge in [-0.15, -0.1) is 0 Å². The van der Waals surface area contributed by atoms with E-state index in [4.69, 9.17) is 4.74 Å². The van der Waals surface area contributed by atoms with Gasteiger partial charge in [0.05, 0.1) is 24.1 Å². The van der Waals surface area contributed by atoms with E-state index < -0.39 is 11.7 Å². The van der Waals surface area contributed by atoms with E-state index >= 15 is 0 Å². The first-order valence-corrected chi connectivity index (χ1v) is 10.4. The Balaban J connectivity index is 2.54. The fourth-order valence-corrected chi connectivity index (χ4v) is 3.35. The first-order valence-electron chi connectivity index (χ1n) is 10.4. The molecule has 1 aromatic heterocycles. The van der Waals surface area contributed by atoms with Gasteiger partial charge in [-0.25, -0.2) is 0 Å². The zero-order valence-corrected chi connectivity index (χ0v) is 18.5. The Morgan fingerprint density at radius 1 is 1.23 bits per heavy atom. The Bertz CT molecular complexity index is 802. The zero-order chi connectivity index (χ0) is 22.3. The highest BCUT2D eigenvalue weighted by molar-refractivity contribution is 5.72. The first kappa shape index (κ1) is 24.2. The maximum absolute atomic E-state index is 13.8. The number of aromatic nitrogens is 2. The van der Waals surface area contributed by atoms with Crippen LogP contribution in [0.15, 0.2) is 18.3 Å². The lowest BCUT2D eigenvalue weighted by molar-refractivity contribution is -0.138. The Morgan fingerprint density at radius 2 is 1.97 bits per heavy atom. The summed E-state index contributed by atoms with van der Waals surface area (Å²) in [7, 11) is 3.86. The lowest BCUT2D eigenvalue weighted by Gasteiger charge is -2.21. The van der Waals surface area contributed by atoms with Gasteiger partial charge in [-0.05, 0) is 56.1 Å². The second-order valence-corrected chi connectivity index (χ2v) is 8.05. The Labute approximate surface area is 177 Å². The molecule has 8 heteroatoms. The quantitative estimate of drug-likeness (QED) is 0.545. The van der Waals surface area contributed by atoms with Crippen molar-refractivity contribution in [1.29, 1.82) is 0 Å². The largest absolute Gasteiger partial charge is 0.493 e. The Morgan fingerprint density at radius 3 is 2.57 bits per heavy atom. The molecule has 0 aliphatic heterocycles. The van der Waals surface area contributed by atoms with Crippen LogP contribution in [0, 0.1) is 5.92 Å². The van der Waals surface area contributed by atoms with Crippen molar-refractivity contribution in [3.63, 3.8) is 0 Å². The fraction of sp³-hybridized carbons (Fsp3) is 0.591. The number of alkyl halides is 3. The highest BCUT2D eigenvalue weighted by Gasteiger charge is 2.36. The third-order valence-electron chi connectivity index (χ3n) is 4.78. The van der Waals surface area contributed by atoms with Crippen molar-refractivity contribution in [3.8, 4) is 16.9 Å². The van der Waals surface area contributed by atoms with E-state index in [-0.39, 0.29) is 18.3 Å². The van der Waals surface area contributed by atoms with Gasteiger partial charge in [0.2, 0.25) is 0 Å². The number of aromatic amines is 1. The van der Waals surface area contributed by atoms with Crippen molar-refractivity contribution >= 4 is 0 Å². The fourth-order valence-electron chi connectivity index (χ4n) is 3.35. The number of hydrogen-bond donors (Lipinski definition) is 2. The summed E-state index contributed by atoms with van der Waals surface area (Å²) in [5, 5.41) is 10.2. The molecule has 30 heavy (non-hydrogen) atoms. The molecule has 0 bridgehead atoms. The standard InChI is InChI=1S/C22H33F3N4O/c1-6-9-30-21-11-16(10-15(2)3)17(12-19(21)22(23,24)25)18-13-27-28-20(18)14-29(5)8-7-26-4/h11-13,15,26H,6-10,14H2,1-5H3,(H,27,28). The van der Waals surface area contributed by atoms with Gasteiger partial charge in [-0.1, -0.05) is 20.8 Å². The van der Waals surface area contributed by atoms with Gasteiger partial charge in [0, 0.05) is 25.2 Å². The van der Waals surface area contributed by atoms with E-state index in [0.29, 0.717) is 30.5 Å². The summed E-state index contributed by atoms with van der Waals surface area (Å²) in [6.45, 7) is 8.42. The van der Waals surface area contributed by atoms with Gasteiger partial charge >= 0.3 is 6.18 Å². The molecule has 168 valence electrons. The minimum Gasteiger partial charge on any atom is -0.493 e. The normalized spacial score (nSPS) is 12.2. The van der Waals surface area contributed by atoms with Gasteiger partial charge in [0.1, 0.15) is 5.75 Å². The molecule has 0 unspecified atom stereocenters. The number of nitrogens with one attached hydrogen (secondary N) is 2. The average molecular weight is 427 g/mol. The summed E-state index contributed by atoms with van der Waals surface area (Å²) in [5.41, 5.74) is 2.16. The molecule has 0 atom stereocenters. The lowest BCUT2D eigenvalue weighted by atomic mass is 9.91. The second kappa shape index (κ2) is 10.8. The second-order valence-electron chi connectivity index (χ2n) is 8.05. The number of benzene rings is 1. The number of hydrogen-bond acceptors (Lipinski definition) is 4. The molecule has 1 aromatic carbocycles. The average Bonchev–Trinajstić information content (AvgIpc) is 3.11. The molecule has 2 N–H and O–H groups in total. The van der Waals surface area contributed by atoms with E-state index in [0.717, 1.165) is 24.3 Å². The molecular weight excluding hydrogens is 393 g/mol. The third-order valence-corrected chi connectivity index (χ3v) is 4.78. The molecule has 0 amide bonds. The summed E-state index contributed by atoms with van der Waals surface area (Å²) < 4.78 is 47.0. The minimum atomic E-state index is -4.50. The van der Waals surface area contributed by atoms with Crippen molar-refractivity contribution in [1.82, 2.24) is 20.4 Å². The van der Waals surface area contributed by atoms with Gasteiger partial charge in [-0.2, -0.15) is 18.3 Å². The van der Waals surface area contributed by atoms with E-state index in [1.54, 1.807) is 12.3 Å². The van der Waals surface area contributed by atoms with Crippen LogP contribution in [0.2, 0.25) is 0 Å². The van der Waals surface area contributed by atoms with Crippen molar-refractivity contribution in [2.45, 2.75) is 46.3 Å². The van der Waals surface area contributed by atoms with E-state index in [2.05, 4.69) is 34.3 Å². The van der Waals surface area contributed by atoms with Crippen LogP contribution in [0.1, 0.15) is 44.0 Å². The molecule has 2 rings (SSSR count). The summed E-state index contributed by atoms with van der Waals surface area (Å²) >= 11 is 0. The molecule has 0 saturated carbocycles. The molecule has 0 radical (unpaired) electrons. The van der Waals surface area contributed by atoms with Crippen LogP contribution in [0.5, 0.6) is 5.75 Å². The van der Waals surface area contributed by atoms with E-state index in [1.807, 2.05) is 21.0 Å². The maximum Gasteiger partial charge on any atom is 0.419 e. The van der Waals surface area contributed by atoms with Gasteiger partial charge in [0.25, 0.3) is 0 Å². The molecule has 0 spiro atoms. The molecule has 0 aliphatic carbocycles. The highest BCUT2D eigenvalue weighted by atomic mass is 19.4. The number of H-pyrrole nitrogens is 1. The van der Waals surface area contributed by atoms with Crippen LogP contribution < -0.4 is 10.1 Å². The predicted octanol–water partition coefficient (Wildman–Crippen LogP) is 4.73. The summed E-state index contributed by atoms with van der Waals surface area (Å²) in [6.07, 6.45) is -1.59. The number of halogens is 3. The summed E-state index contributed by atoms with van der Waals surface area (Å²) in [6, 6.07) is 2.79. The number of likely N-dealkylation sites (N-methyl/N-ethyl adjacent to an activating group) is 2. The molecule has 0 saturated heterocycles. The SMILES string of the molecule is CCCOc1cc(CC(C)C)c(-c2cn[nH]c2CN(C)CCNC)cc1C(F)(F)F. The molecule has 2 aromatic rings. The Hall–Kier alpha value is -2.06. The van der Waals surface area contributed by atoms with Crippen LogP contribution in [-0.4, -0.2) is 48.9 Å². The third kappa shape index (κ3) is 6.47. The topological polar surface area (TPSA) is 53.2 Å². The number of rotatable bonds is 11. The monoisotopic (exact) mass is 426 g/mol. The van der Waals surface area contributed by atoms with Crippen molar-refractivity contribution in [2.24, 2.45) is 5.92 Å². The lowest BCUT2D eigenvalue weighted by Crippen LogP contribution is -2.27. The van der Waals surface area contributed by atoms with Gasteiger partial charge in [0.15, 0.2) is 0 Å². The number of nitrogens with zero attached hydrogens (tertiary/aromatic N) is 2. The van der Waals surface area contributed by atoms with E-state index in [9.17, 15) is 13.2 Å². The van der Waals surface area contributed by atoms with E-state index in [1.165, 1.54) is 6.07 Å². The van der Waals surface area contributed by atoms with Gasteiger partial charge in [-0.3, -0.25) is 10.00 Å².